The second kappa shape index (κ2) is 6.66. The number of carbonyl (C=O) groups is 1. The average Bonchev–Trinajstić information content (AvgIpc) is 2.85. The summed E-state index contributed by atoms with van der Waals surface area (Å²) >= 11 is 4.32. The van der Waals surface area contributed by atoms with E-state index in [-0.39, 0.29) is 5.13 Å². The standard InChI is InChI=1S/C13H10BrF3N2O2S/c14-8-3-1-7(2-4-8)10-6-22-12(19-10)18-9(11(20)21)5-13(15,16)17/h1-4,6,9H,5H2,(H,18,19)(H,20,21)/p-1. The highest BCUT2D eigenvalue weighted by Crippen LogP contribution is 2.28. The molecule has 0 saturated heterocycles. The normalized spacial score (nSPS) is 12.9. The van der Waals surface area contributed by atoms with Gasteiger partial charge in [-0.1, -0.05) is 28.1 Å². The molecule has 0 radical (unpaired) electrons. The Morgan fingerprint density at radius 2 is 2.00 bits per heavy atom. The van der Waals surface area contributed by atoms with Gasteiger partial charge in [-0.3, -0.25) is 0 Å². The molecule has 2 rings (SSSR count). The van der Waals surface area contributed by atoms with Crippen molar-refractivity contribution < 1.29 is 23.1 Å². The van der Waals surface area contributed by atoms with Crippen LogP contribution in [0.1, 0.15) is 6.42 Å². The van der Waals surface area contributed by atoms with Crippen LogP contribution in [-0.2, 0) is 4.79 Å². The van der Waals surface area contributed by atoms with Crippen LogP contribution in [-0.4, -0.2) is 23.2 Å². The Balaban J connectivity index is 2.13. The van der Waals surface area contributed by atoms with E-state index < -0.39 is 24.6 Å². The van der Waals surface area contributed by atoms with Gasteiger partial charge in [-0.25, -0.2) is 4.98 Å². The Hall–Kier alpha value is -1.61. The molecule has 0 fully saturated rings. The average molecular weight is 394 g/mol. The van der Waals surface area contributed by atoms with Crippen molar-refractivity contribution in [3.63, 3.8) is 0 Å². The van der Waals surface area contributed by atoms with Crippen LogP contribution < -0.4 is 10.4 Å². The van der Waals surface area contributed by atoms with Crippen molar-refractivity contribution in [1.82, 2.24) is 4.98 Å². The van der Waals surface area contributed by atoms with Crippen molar-refractivity contribution in [3.05, 3.63) is 34.1 Å². The lowest BCUT2D eigenvalue weighted by molar-refractivity contribution is -0.309. The zero-order valence-electron chi connectivity index (χ0n) is 10.9. The van der Waals surface area contributed by atoms with Gasteiger partial charge in [-0.05, 0) is 12.1 Å². The third kappa shape index (κ3) is 4.70. The van der Waals surface area contributed by atoms with Crippen LogP contribution in [0.5, 0.6) is 0 Å². The molecule has 1 N–H and O–H groups in total. The van der Waals surface area contributed by atoms with Gasteiger partial charge in [-0.2, -0.15) is 13.2 Å². The van der Waals surface area contributed by atoms with E-state index >= 15 is 0 Å². The summed E-state index contributed by atoms with van der Waals surface area (Å²) in [5.74, 6) is -1.82. The number of hydrogen-bond acceptors (Lipinski definition) is 5. The Bertz CT molecular complexity index is 658. The molecule has 2 aromatic rings. The molecule has 0 saturated carbocycles. The molecule has 0 amide bonds. The first kappa shape index (κ1) is 16.8. The largest absolute Gasteiger partial charge is 0.548 e. The molecule has 1 aromatic carbocycles. The number of alkyl halides is 3. The van der Waals surface area contributed by atoms with Crippen LogP contribution in [0.15, 0.2) is 34.1 Å². The highest BCUT2D eigenvalue weighted by molar-refractivity contribution is 9.10. The summed E-state index contributed by atoms with van der Waals surface area (Å²) in [6, 6.07) is 5.30. The molecule has 0 aliphatic carbocycles. The number of carbonyl (C=O) groups excluding carboxylic acids is 1. The van der Waals surface area contributed by atoms with Gasteiger partial charge >= 0.3 is 6.18 Å². The fourth-order valence-corrected chi connectivity index (χ4v) is 2.70. The lowest BCUT2D eigenvalue weighted by Gasteiger charge is -2.20. The van der Waals surface area contributed by atoms with Gasteiger partial charge < -0.3 is 15.2 Å². The Kier molecular flexibility index (Phi) is 5.07. The van der Waals surface area contributed by atoms with Crippen molar-refractivity contribution in [2.24, 2.45) is 0 Å². The second-order valence-electron chi connectivity index (χ2n) is 4.38. The third-order valence-corrected chi connectivity index (χ3v) is 3.96. The Labute approximate surface area is 136 Å². The van der Waals surface area contributed by atoms with Crippen molar-refractivity contribution in [3.8, 4) is 11.3 Å². The number of halogens is 4. The molecule has 1 unspecified atom stereocenters. The van der Waals surface area contributed by atoms with Crippen LogP contribution in [0.2, 0.25) is 0 Å². The number of benzene rings is 1. The summed E-state index contributed by atoms with van der Waals surface area (Å²) in [5, 5.41) is 14.8. The van der Waals surface area contributed by atoms with E-state index in [0.29, 0.717) is 5.69 Å². The van der Waals surface area contributed by atoms with Crippen molar-refractivity contribution >= 4 is 38.4 Å². The van der Waals surface area contributed by atoms with Crippen molar-refractivity contribution in [2.75, 3.05) is 5.32 Å². The van der Waals surface area contributed by atoms with Crippen LogP contribution in [0.25, 0.3) is 11.3 Å². The topological polar surface area (TPSA) is 65.0 Å². The maximum atomic E-state index is 12.3. The summed E-state index contributed by atoms with van der Waals surface area (Å²) in [5.41, 5.74) is 1.32. The van der Waals surface area contributed by atoms with Gasteiger partial charge in [0.25, 0.3) is 0 Å². The monoisotopic (exact) mass is 393 g/mol. The highest BCUT2D eigenvalue weighted by atomic mass is 79.9. The minimum absolute atomic E-state index is 0.0939. The summed E-state index contributed by atoms with van der Waals surface area (Å²) in [6.07, 6.45) is -6.13. The lowest BCUT2D eigenvalue weighted by atomic mass is 10.2. The second-order valence-corrected chi connectivity index (χ2v) is 6.15. The number of nitrogens with zero attached hydrogens (tertiary/aromatic N) is 1. The minimum Gasteiger partial charge on any atom is -0.548 e. The molecule has 0 bridgehead atoms. The number of nitrogens with one attached hydrogen (secondary N) is 1. The van der Waals surface area contributed by atoms with Crippen molar-refractivity contribution in [1.29, 1.82) is 0 Å². The SMILES string of the molecule is O=C([O-])C(CC(F)(F)F)Nc1nc(-c2ccc(Br)cc2)cs1. The number of anilines is 1. The highest BCUT2D eigenvalue weighted by Gasteiger charge is 2.33. The quantitative estimate of drug-likeness (QED) is 0.847. The summed E-state index contributed by atoms with van der Waals surface area (Å²) in [7, 11) is 0. The molecule has 0 aliphatic heterocycles. The molecule has 1 aromatic heterocycles. The Morgan fingerprint density at radius 1 is 1.36 bits per heavy atom. The van der Waals surface area contributed by atoms with Gasteiger partial charge in [0.2, 0.25) is 0 Å². The number of rotatable bonds is 5. The van der Waals surface area contributed by atoms with E-state index in [1.54, 1.807) is 29.6 Å². The van der Waals surface area contributed by atoms with E-state index in [1.165, 1.54) is 0 Å². The van der Waals surface area contributed by atoms with E-state index in [1.807, 2.05) is 0 Å². The third-order valence-electron chi connectivity index (χ3n) is 2.66. The Morgan fingerprint density at radius 3 is 2.55 bits per heavy atom. The van der Waals surface area contributed by atoms with Crippen molar-refractivity contribution in [2.45, 2.75) is 18.6 Å². The first-order valence-electron chi connectivity index (χ1n) is 6.00. The van der Waals surface area contributed by atoms with E-state index in [9.17, 15) is 23.1 Å². The first-order chi connectivity index (χ1) is 10.2. The van der Waals surface area contributed by atoms with Crippen LogP contribution >= 0.6 is 27.3 Å². The molecular formula is C13H9BrF3N2O2S-. The van der Waals surface area contributed by atoms with Gasteiger partial charge in [-0.15, -0.1) is 11.3 Å². The molecular weight excluding hydrogens is 385 g/mol. The molecule has 1 heterocycles. The number of thiazole rings is 1. The number of carboxylic acid groups (broad SMARTS) is 1. The zero-order valence-corrected chi connectivity index (χ0v) is 13.3. The molecule has 118 valence electrons. The van der Waals surface area contributed by atoms with Gasteiger partial charge in [0.1, 0.15) is 0 Å². The molecule has 0 aliphatic rings. The van der Waals surface area contributed by atoms with E-state index in [0.717, 1.165) is 21.4 Å². The molecule has 1 atom stereocenters. The first-order valence-corrected chi connectivity index (χ1v) is 7.67. The summed E-state index contributed by atoms with van der Waals surface area (Å²) < 4.78 is 37.9. The number of hydrogen-bond donors (Lipinski definition) is 1. The molecule has 0 spiro atoms. The van der Waals surface area contributed by atoms with Crippen LogP contribution in [0.4, 0.5) is 18.3 Å². The molecule has 4 nitrogen and oxygen atoms in total. The predicted octanol–water partition coefficient (Wildman–Crippen LogP) is 3.06. The summed E-state index contributed by atoms with van der Waals surface area (Å²) in [4.78, 5) is 14.9. The fourth-order valence-electron chi connectivity index (χ4n) is 1.67. The maximum Gasteiger partial charge on any atom is 0.391 e. The predicted molar refractivity (Wildman–Crippen MR) is 78.3 cm³/mol. The maximum absolute atomic E-state index is 12.3. The van der Waals surface area contributed by atoms with Gasteiger partial charge in [0, 0.05) is 15.4 Å². The van der Waals surface area contributed by atoms with E-state index in [2.05, 4.69) is 26.2 Å². The van der Waals surface area contributed by atoms with Gasteiger partial charge in [0.05, 0.1) is 24.1 Å². The lowest BCUT2D eigenvalue weighted by Crippen LogP contribution is -2.43. The summed E-state index contributed by atoms with van der Waals surface area (Å²) in [6.45, 7) is 0. The van der Waals surface area contributed by atoms with Gasteiger partial charge in [0.15, 0.2) is 5.13 Å². The molecule has 9 heteroatoms. The zero-order chi connectivity index (χ0) is 16.3. The van der Waals surface area contributed by atoms with Crippen LogP contribution in [0, 0.1) is 0 Å². The number of aliphatic carboxylic acids is 1. The van der Waals surface area contributed by atoms with Crippen LogP contribution in [0.3, 0.4) is 0 Å². The smallest absolute Gasteiger partial charge is 0.391 e. The minimum atomic E-state index is -4.61. The fraction of sp³-hybridized carbons (Fsp3) is 0.231. The number of carboxylic acids is 1. The number of aromatic nitrogens is 1. The van der Waals surface area contributed by atoms with E-state index in [4.69, 9.17) is 0 Å². The molecule has 22 heavy (non-hydrogen) atoms.